The number of hydrogen-bond acceptors (Lipinski definition) is 3. The van der Waals surface area contributed by atoms with Crippen LogP contribution in [-0.2, 0) is 19.5 Å². The number of aromatic nitrogens is 2. The van der Waals surface area contributed by atoms with E-state index in [1.807, 2.05) is 6.07 Å². The van der Waals surface area contributed by atoms with Gasteiger partial charge in [0.1, 0.15) is 11.8 Å². The Morgan fingerprint density at radius 1 is 1.20 bits per heavy atom. The molecule has 0 unspecified atom stereocenters. The maximum absolute atomic E-state index is 9.46. The smallest absolute Gasteiger partial charge is 0.155 e. The largest absolute Gasteiger partial charge is 0.350 e. The first kappa shape index (κ1) is 15.7. The third kappa shape index (κ3) is 2.39. The third-order valence-corrected chi connectivity index (χ3v) is 5.46. The van der Waals surface area contributed by atoms with E-state index in [1.54, 1.807) is 0 Å². The molecule has 3 heterocycles. The lowest BCUT2D eigenvalue weighted by atomic mass is 10.00. The van der Waals surface area contributed by atoms with Crippen LogP contribution in [0.15, 0.2) is 30.3 Å². The summed E-state index contributed by atoms with van der Waals surface area (Å²) in [6, 6.07) is 12.8. The minimum atomic E-state index is 0.498. The predicted molar refractivity (Wildman–Crippen MR) is 101 cm³/mol. The Morgan fingerprint density at radius 2 is 1.96 bits per heavy atom. The molecule has 3 aromatic rings. The van der Waals surface area contributed by atoms with Crippen LogP contribution >= 0.6 is 0 Å². The summed E-state index contributed by atoms with van der Waals surface area (Å²) < 4.78 is 2.33. The van der Waals surface area contributed by atoms with Crippen LogP contribution in [0.5, 0.6) is 0 Å². The van der Waals surface area contributed by atoms with Gasteiger partial charge in [-0.3, -0.25) is 0 Å². The van der Waals surface area contributed by atoms with Crippen molar-refractivity contribution < 1.29 is 0 Å². The van der Waals surface area contributed by atoms with E-state index in [4.69, 9.17) is 4.98 Å². The van der Waals surface area contributed by atoms with Crippen LogP contribution < -0.4 is 4.90 Å². The van der Waals surface area contributed by atoms with Crippen LogP contribution in [-0.4, -0.2) is 16.1 Å². The summed E-state index contributed by atoms with van der Waals surface area (Å²) in [6.45, 7) is 9.14. The van der Waals surface area contributed by atoms with Gasteiger partial charge in [0.15, 0.2) is 5.82 Å². The summed E-state index contributed by atoms with van der Waals surface area (Å²) in [4.78, 5) is 7.05. The highest BCUT2D eigenvalue weighted by Gasteiger charge is 2.23. The first-order valence-corrected chi connectivity index (χ1v) is 8.86. The van der Waals surface area contributed by atoms with Crippen LogP contribution in [0, 0.1) is 25.2 Å². The number of pyridine rings is 1. The minimum Gasteiger partial charge on any atom is -0.350 e. The average molecular weight is 330 g/mol. The minimum absolute atomic E-state index is 0.498. The van der Waals surface area contributed by atoms with Crippen molar-refractivity contribution in [2.45, 2.75) is 40.3 Å². The SMILES string of the molecule is CCn1c(C)c(C)c2cc(C#N)nc(N3CCc4ccccc4C3)c21. The second-order valence-corrected chi connectivity index (χ2v) is 6.73. The molecule has 2 aromatic heterocycles. The van der Waals surface area contributed by atoms with Crippen molar-refractivity contribution in [1.29, 1.82) is 5.26 Å². The molecule has 0 aliphatic carbocycles. The first-order valence-electron chi connectivity index (χ1n) is 8.86. The topological polar surface area (TPSA) is 44.9 Å². The van der Waals surface area contributed by atoms with E-state index < -0.39 is 0 Å². The van der Waals surface area contributed by atoms with Gasteiger partial charge in [0.05, 0.1) is 5.52 Å². The summed E-state index contributed by atoms with van der Waals surface area (Å²) in [5.74, 6) is 0.946. The van der Waals surface area contributed by atoms with Crippen LogP contribution in [0.4, 0.5) is 5.82 Å². The van der Waals surface area contributed by atoms with E-state index in [2.05, 4.69) is 60.6 Å². The molecule has 0 atom stereocenters. The van der Waals surface area contributed by atoms with E-state index in [1.165, 1.54) is 22.4 Å². The number of benzene rings is 1. The van der Waals surface area contributed by atoms with Gasteiger partial charge in [0.2, 0.25) is 0 Å². The molecule has 0 radical (unpaired) electrons. The number of rotatable bonds is 2. The highest BCUT2D eigenvalue weighted by atomic mass is 15.2. The normalized spacial score (nSPS) is 13.8. The number of hydrogen-bond donors (Lipinski definition) is 0. The number of aryl methyl sites for hydroxylation is 2. The van der Waals surface area contributed by atoms with Crippen LogP contribution in [0.25, 0.3) is 10.9 Å². The number of fused-ring (bicyclic) bond motifs is 2. The zero-order chi connectivity index (χ0) is 17.6. The highest BCUT2D eigenvalue weighted by molar-refractivity contribution is 5.94. The van der Waals surface area contributed by atoms with E-state index in [0.717, 1.165) is 42.8 Å². The number of nitrogens with zero attached hydrogens (tertiary/aromatic N) is 4. The Labute approximate surface area is 148 Å². The molecular weight excluding hydrogens is 308 g/mol. The van der Waals surface area contributed by atoms with Gasteiger partial charge in [-0.15, -0.1) is 0 Å². The van der Waals surface area contributed by atoms with E-state index in [-0.39, 0.29) is 0 Å². The lowest BCUT2D eigenvalue weighted by Crippen LogP contribution is -2.31. The lowest BCUT2D eigenvalue weighted by Gasteiger charge is -2.30. The van der Waals surface area contributed by atoms with Crippen LogP contribution in [0.3, 0.4) is 0 Å². The Balaban J connectivity index is 1.93. The molecule has 0 saturated carbocycles. The molecule has 0 spiro atoms. The molecular formula is C21H22N4. The molecule has 1 aliphatic heterocycles. The maximum atomic E-state index is 9.46. The number of anilines is 1. The van der Waals surface area contributed by atoms with Crippen molar-refractivity contribution in [2.75, 3.05) is 11.4 Å². The van der Waals surface area contributed by atoms with Crippen molar-refractivity contribution in [2.24, 2.45) is 0 Å². The molecule has 4 rings (SSSR count). The van der Waals surface area contributed by atoms with Crippen LogP contribution in [0.2, 0.25) is 0 Å². The summed E-state index contributed by atoms with van der Waals surface area (Å²) >= 11 is 0. The first-order chi connectivity index (χ1) is 12.1. The van der Waals surface area contributed by atoms with Gasteiger partial charge in [-0.25, -0.2) is 4.98 Å². The van der Waals surface area contributed by atoms with Crippen molar-refractivity contribution >= 4 is 16.7 Å². The average Bonchev–Trinajstić information content (AvgIpc) is 2.91. The van der Waals surface area contributed by atoms with Gasteiger partial charge < -0.3 is 9.47 Å². The molecule has 1 aliphatic rings. The van der Waals surface area contributed by atoms with E-state index >= 15 is 0 Å². The Hall–Kier alpha value is -2.80. The van der Waals surface area contributed by atoms with Gasteiger partial charge >= 0.3 is 0 Å². The molecule has 0 N–H and O–H groups in total. The molecule has 0 saturated heterocycles. The Bertz CT molecular complexity index is 1010. The fraction of sp³-hybridized carbons (Fsp3) is 0.333. The van der Waals surface area contributed by atoms with Crippen LogP contribution in [0.1, 0.15) is 35.0 Å². The lowest BCUT2D eigenvalue weighted by molar-refractivity contribution is 0.713. The predicted octanol–water partition coefficient (Wildman–Crippen LogP) is 4.11. The Kier molecular flexibility index (Phi) is 3.73. The Morgan fingerprint density at radius 3 is 2.68 bits per heavy atom. The molecule has 126 valence electrons. The zero-order valence-corrected chi connectivity index (χ0v) is 15.0. The summed E-state index contributed by atoms with van der Waals surface area (Å²) in [7, 11) is 0. The molecule has 25 heavy (non-hydrogen) atoms. The molecule has 4 nitrogen and oxygen atoms in total. The summed E-state index contributed by atoms with van der Waals surface area (Å²) in [5.41, 5.74) is 6.94. The van der Waals surface area contributed by atoms with Gasteiger partial charge in [0, 0.05) is 30.7 Å². The van der Waals surface area contributed by atoms with Crippen molar-refractivity contribution in [3.8, 4) is 6.07 Å². The summed E-state index contributed by atoms with van der Waals surface area (Å²) in [6.07, 6.45) is 1.01. The molecule has 1 aromatic carbocycles. The standard InChI is InChI=1S/C21H22N4/c1-4-25-15(3)14(2)19-11-18(12-22)23-21(20(19)25)24-10-9-16-7-5-6-8-17(16)13-24/h5-8,11H,4,9-10,13H2,1-3H3. The number of nitriles is 1. The van der Waals surface area contributed by atoms with Crippen molar-refractivity contribution in [3.63, 3.8) is 0 Å². The van der Waals surface area contributed by atoms with Crippen molar-refractivity contribution in [3.05, 3.63) is 58.4 Å². The fourth-order valence-corrected chi connectivity index (χ4v) is 3.99. The fourth-order valence-electron chi connectivity index (χ4n) is 3.99. The van der Waals surface area contributed by atoms with Gasteiger partial charge in [-0.1, -0.05) is 24.3 Å². The molecule has 0 amide bonds. The zero-order valence-electron chi connectivity index (χ0n) is 15.0. The highest BCUT2D eigenvalue weighted by Crippen LogP contribution is 2.34. The second kappa shape index (κ2) is 5.93. The quantitative estimate of drug-likeness (QED) is 0.710. The van der Waals surface area contributed by atoms with Gasteiger partial charge in [0.25, 0.3) is 0 Å². The van der Waals surface area contributed by atoms with Gasteiger partial charge in [-0.2, -0.15) is 5.26 Å². The maximum Gasteiger partial charge on any atom is 0.155 e. The monoisotopic (exact) mass is 330 g/mol. The van der Waals surface area contributed by atoms with Gasteiger partial charge in [-0.05, 0) is 49.9 Å². The molecule has 4 heteroatoms. The molecule has 0 bridgehead atoms. The molecule has 0 fully saturated rings. The third-order valence-electron chi connectivity index (χ3n) is 5.46. The van der Waals surface area contributed by atoms with E-state index in [9.17, 15) is 5.26 Å². The summed E-state index contributed by atoms with van der Waals surface area (Å²) in [5, 5.41) is 10.6. The second-order valence-electron chi connectivity index (χ2n) is 6.73. The van der Waals surface area contributed by atoms with E-state index in [0.29, 0.717) is 5.69 Å². The van der Waals surface area contributed by atoms with Crippen molar-refractivity contribution in [1.82, 2.24) is 9.55 Å².